The van der Waals surface area contributed by atoms with Crippen molar-refractivity contribution in [2.24, 2.45) is 0 Å². The molecule has 9 nitrogen and oxygen atoms in total. The van der Waals surface area contributed by atoms with E-state index in [4.69, 9.17) is 16.3 Å². The van der Waals surface area contributed by atoms with Crippen LogP contribution in [-0.2, 0) is 11.3 Å². The number of aromatic carboxylic acids is 1. The number of rotatable bonds is 5. The summed E-state index contributed by atoms with van der Waals surface area (Å²) in [5.74, 6) is -1.52. The molecule has 2 amide bonds. The molecule has 10 heteroatoms. The molecule has 2 heterocycles. The summed E-state index contributed by atoms with van der Waals surface area (Å²) < 4.78 is 5.52. The van der Waals surface area contributed by atoms with Gasteiger partial charge in [-0.15, -0.1) is 0 Å². The van der Waals surface area contributed by atoms with E-state index in [0.717, 1.165) is 11.1 Å². The minimum Gasteiger partial charge on any atom is -0.478 e. The van der Waals surface area contributed by atoms with Crippen molar-refractivity contribution in [3.05, 3.63) is 57.4 Å². The van der Waals surface area contributed by atoms with Crippen molar-refractivity contribution in [3.8, 4) is 0 Å². The number of pyridine rings is 1. The maximum Gasteiger partial charge on any atom is 0.410 e. The molecule has 0 aliphatic carbocycles. The first-order chi connectivity index (χ1) is 16.7. The van der Waals surface area contributed by atoms with E-state index in [1.165, 1.54) is 18.3 Å². The van der Waals surface area contributed by atoms with Gasteiger partial charge < -0.3 is 20.1 Å². The molecule has 1 aliphatic heterocycles. The lowest BCUT2D eigenvalue weighted by Crippen LogP contribution is -2.54. The predicted molar refractivity (Wildman–Crippen MR) is 138 cm³/mol. The van der Waals surface area contributed by atoms with E-state index in [0.29, 0.717) is 42.6 Å². The number of hydrogen-bond donors (Lipinski definition) is 2. The molecule has 2 aromatic rings. The number of nitrogens with zero attached hydrogens (tertiary/aromatic N) is 3. The van der Waals surface area contributed by atoms with Crippen LogP contribution in [0.3, 0.4) is 0 Å². The second kappa shape index (κ2) is 10.8. The number of benzene rings is 1. The molecule has 0 radical (unpaired) electrons. The molecule has 1 fully saturated rings. The van der Waals surface area contributed by atoms with Crippen molar-refractivity contribution >= 4 is 35.3 Å². The SMILES string of the molecule is Cc1ncc(C(=O)Nc2cc(C(=O)O)cc(CN3CCN(C(=O)OC(C)(C)C)[C@@H](C)C3)c2C)cc1Cl. The van der Waals surface area contributed by atoms with E-state index >= 15 is 0 Å². The highest BCUT2D eigenvalue weighted by atomic mass is 35.5. The number of halogens is 1. The fourth-order valence-corrected chi connectivity index (χ4v) is 4.19. The van der Waals surface area contributed by atoms with E-state index < -0.39 is 17.5 Å². The highest BCUT2D eigenvalue weighted by Crippen LogP contribution is 2.26. The van der Waals surface area contributed by atoms with Crippen LogP contribution in [0.5, 0.6) is 0 Å². The number of amides is 2. The van der Waals surface area contributed by atoms with Gasteiger partial charge in [0.1, 0.15) is 5.60 Å². The largest absolute Gasteiger partial charge is 0.478 e. The van der Waals surface area contributed by atoms with Gasteiger partial charge in [0, 0.05) is 44.1 Å². The quantitative estimate of drug-likeness (QED) is 0.590. The lowest BCUT2D eigenvalue weighted by atomic mass is 10.0. The molecule has 1 saturated heterocycles. The summed E-state index contributed by atoms with van der Waals surface area (Å²) in [5.41, 5.74) is 2.35. The molecule has 0 saturated carbocycles. The van der Waals surface area contributed by atoms with E-state index in [9.17, 15) is 19.5 Å². The standard InChI is InChI=1S/C26H33ClN4O5/c1-15-13-30(7-8-31(15)25(35)36-26(4,5)6)14-20-9-18(24(33)34)11-22(16(20)2)29-23(32)19-10-21(27)17(3)28-12-19/h9-12,15H,7-8,13-14H2,1-6H3,(H,29,32)(H,33,34)/t15-/m0/s1. The second-order valence-electron chi connectivity index (χ2n) is 10.1. The summed E-state index contributed by atoms with van der Waals surface area (Å²) >= 11 is 6.11. The van der Waals surface area contributed by atoms with Gasteiger partial charge in [0.2, 0.25) is 0 Å². The van der Waals surface area contributed by atoms with Gasteiger partial charge in [-0.05, 0) is 70.9 Å². The molecule has 0 spiro atoms. The summed E-state index contributed by atoms with van der Waals surface area (Å²) in [7, 11) is 0. The van der Waals surface area contributed by atoms with Gasteiger partial charge in [0.05, 0.1) is 21.8 Å². The lowest BCUT2D eigenvalue weighted by molar-refractivity contribution is 0.000503. The number of anilines is 1. The second-order valence-corrected chi connectivity index (χ2v) is 10.5. The van der Waals surface area contributed by atoms with Gasteiger partial charge in [-0.1, -0.05) is 11.6 Å². The Labute approximate surface area is 216 Å². The predicted octanol–water partition coefficient (Wildman–Crippen LogP) is 4.74. The molecule has 1 aliphatic rings. The summed E-state index contributed by atoms with van der Waals surface area (Å²) in [5, 5.41) is 12.9. The molecule has 1 atom stereocenters. The fourth-order valence-electron chi connectivity index (χ4n) is 4.03. The van der Waals surface area contributed by atoms with Gasteiger partial charge in [-0.3, -0.25) is 14.7 Å². The monoisotopic (exact) mass is 516 g/mol. The third-order valence-corrected chi connectivity index (χ3v) is 6.41. The number of ether oxygens (including phenoxy) is 1. The van der Waals surface area contributed by atoms with Gasteiger partial charge in [-0.25, -0.2) is 9.59 Å². The minimum absolute atomic E-state index is 0.0745. The number of piperazine rings is 1. The molecule has 194 valence electrons. The van der Waals surface area contributed by atoms with Crippen molar-refractivity contribution < 1.29 is 24.2 Å². The molecule has 1 aromatic heterocycles. The molecular weight excluding hydrogens is 484 g/mol. The van der Waals surface area contributed by atoms with Gasteiger partial charge in [0.15, 0.2) is 0 Å². The Balaban J connectivity index is 1.78. The highest BCUT2D eigenvalue weighted by molar-refractivity contribution is 6.31. The Hall–Kier alpha value is -3.17. The topological polar surface area (TPSA) is 112 Å². The first-order valence-corrected chi connectivity index (χ1v) is 12.1. The van der Waals surface area contributed by atoms with E-state index in [2.05, 4.69) is 15.2 Å². The average molecular weight is 517 g/mol. The van der Waals surface area contributed by atoms with Crippen LogP contribution in [0.4, 0.5) is 10.5 Å². The first kappa shape index (κ1) is 27.4. The molecule has 0 bridgehead atoms. The highest BCUT2D eigenvalue weighted by Gasteiger charge is 2.31. The molecule has 1 aromatic carbocycles. The third-order valence-electron chi connectivity index (χ3n) is 6.03. The van der Waals surface area contributed by atoms with Gasteiger partial charge >= 0.3 is 12.1 Å². The molecule has 0 unspecified atom stereocenters. The maximum absolute atomic E-state index is 12.8. The zero-order chi connectivity index (χ0) is 26.8. The van der Waals surface area contributed by atoms with E-state index in [-0.39, 0.29) is 23.3 Å². The van der Waals surface area contributed by atoms with Crippen LogP contribution in [0.25, 0.3) is 0 Å². The van der Waals surface area contributed by atoms with Crippen LogP contribution < -0.4 is 5.32 Å². The van der Waals surface area contributed by atoms with Gasteiger partial charge in [-0.2, -0.15) is 0 Å². The van der Waals surface area contributed by atoms with Crippen LogP contribution in [0.1, 0.15) is 65.2 Å². The van der Waals surface area contributed by atoms with Crippen molar-refractivity contribution in [2.75, 3.05) is 25.0 Å². The lowest BCUT2D eigenvalue weighted by Gasteiger charge is -2.40. The Morgan fingerprint density at radius 1 is 1.17 bits per heavy atom. The van der Waals surface area contributed by atoms with Crippen molar-refractivity contribution in [1.29, 1.82) is 0 Å². The molecule has 36 heavy (non-hydrogen) atoms. The van der Waals surface area contributed by atoms with Crippen LogP contribution in [0.15, 0.2) is 24.4 Å². The summed E-state index contributed by atoms with van der Waals surface area (Å²) in [4.78, 5) is 45.2. The number of carbonyl (C=O) groups excluding carboxylic acids is 2. The van der Waals surface area contributed by atoms with E-state index in [1.54, 1.807) is 17.9 Å². The first-order valence-electron chi connectivity index (χ1n) is 11.8. The number of aryl methyl sites for hydroxylation is 1. The smallest absolute Gasteiger partial charge is 0.410 e. The van der Waals surface area contributed by atoms with Crippen molar-refractivity contribution in [1.82, 2.24) is 14.8 Å². The number of carboxylic acids is 1. The number of nitrogens with one attached hydrogen (secondary N) is 1. The molecule has 3 rings (SSSR count). The number of hydrogen-bond acceptors (Lipinski definition) is 6. The zero-order valence-corrected chi connectivity index (χ0v) is 22.3. The Morgan fingerprint density at radius 2 is 1.86 bits per heavy atom. The van der Waals surface area contributed by atoms with E-state index in [1.807, 2.05) is 34.6 Å². The van der Waals surface area contributed by atoms with Crippen LogP contribution in [0.2, 0.25) is 5.02 Å². The maximum atomic E-state index is 12.8. The normalized spacial score (nSPS) is 16.5. The Morgan fingerprint density at radius 3 is 2.44 bits per heavy atom. The fraction of sp³-hybridized carbons (Fsp3) is 0.462. The summed E-state index contributed by atoms with van der Waals surface area (Å²) in [6.07, 6.45) is 1.09. The summed E-state index contributed by atoms with van der Waals surface area (Å²) in [6.45, 7) is 13.2. The van der Waals surface area contributed by atoms with Crippen molar-refractivity contribution in [3.63, 3.8) is 0 Å². The minimum atomic E-state index is -1.09. The van der Waals surface area contributed by atoms with Crippen LogP contribution >= 0.6 is 11.6 Å². The number of aromatic nitrogens is 1. The molecular formula is C26H33ClN4O5. The van der Waals surface area contributed by atoms with Crippen LogP contribution in [0, 0.1) is 13.8 Å². The average Bonchev–Trinajstić information content (AvgIpc) is 2.76. The molecule has 2 N–H and O–H groups in total. The third kappa shape index (κ3) is 6.73. The number of carbonyl (C=O) groups is 3. The van der Waals surface area contributed by atoms with Crippen molar-refractivity contribution in [2.45, 2.75) is 59.7 Å². The number of carboxylic acid groups (broad SMARTS) is 1. The van der Waals surface area contributed by atoms with Gasteiger partial charge in [0.25, 0.3) is 5.91 Å². The summed E-state index contributed by atoms with van der Waals surface area (Å²) in [6, 6.07) is 4.53. The zero-order valence-electron chi connectivity index (χ0n) is 21.5. The van der Waals surface area contributed by atoms with Crippen LogP contribution in [-0.4, -0.2) is 69.1 Å². The Kier molecular flexibility index (Phi) is 8.26. The Bertz CT molecular complexity index is 1180.